The van der Waals surface area contributed by atoms with Crippen LogP contribution in [-0.4, -0.2) is 17.9 Å². The number of rotatable bonds is 4. The molecule has 0 radical (unpaired) electrons. The van der Waals surface area contributed by atoms with Crippen LogP contribution in [0.3, 0.4) is 0 Å². The molecule has 0 N–H and O–H groups in total. The van der Waals surface area contributed by atoms with Crippen molar-refractivity contribution in [2.75, 3.05) is 7.11 Å². The number of halogens is 1. The molecule has 1 aromatic heterocycles. The Balaban J connectivity index is 2.21. The smallest absolute Gasteiger partial charge is 0.167 e. The molecular formula is C14H12ClNO2. The van der Waals surface area contributed by atoms with Crippen molar-refractivity contribution in [3.63, 3.8) is 0 Å². The van der Waals surface area contributed by atoms with Crippen LogP contribution < -0.4 is 4.74 Å². The van der Waals surface area contributed by atoms with Crippen molar-refractivity contribution in [2.24, 2.45) is 0 Å². The summed E-state index contributed by atoms with van der Waals surface area (Å²) >= 11 is 5.93. The van der Waals surface area contributed by atoms with Crippen LogP contribution in [0.5, 0.6) is 5.75 Å². The number of aromatic nitrogens is 1. The van der Waals surface area contributed by atoms with E-state index in [-0.39, 0.29) is 5.78 Å². The number of methoxy groups -OCH3 is 1. The van der Waals surface area contributed by atoms with Gasteiger partial charge in [0.1, 0.15) is 5.75 Å². The fraction of sp³-hybridized carbons (Fsp3) is 0.143. The second-order valence-electron chi connectivity index (χ2n) is 3.84. The van der Waals surface area contributed by atoms with Gasteiger partial charge in [-0.2, -0.15) is 0 Å². The minimum atomic E-state index is 0.00185. The van der Waals surface area contributed by atoms with Gasteiger partial charge in [-0.1, -0.05) is 11.6 Å². The van der Waals surface area contributed by atoms with Crippen molar-refractivity contribution in [2.45, 2.75) is 6.42 Å². The highest BCUT2D eigenvalue weighted by atomic mass is 35.5. The van der Waals surface area contributed by atoms with Crippen molar-refractivity contribution in [3.8, 4) is 5.75 Å². The molecule has 0 saturated carbocycles. The maximum atomic E-state index is 12.1. The summed E-state index contributed by atoms with van der Waals surface area (Å²) in [4.78, 5) is 16.0. The summed E-state index contributed by atoms with van der Waals surface area (Å²) in [7, 11) is 1.54. The van der Waals surface area contributed by atoms with Crippen LogP contribution in [0.25, 0.3) is 0 Å². The lowest BCUT2D eigenvalue weighted by Crippen LogP contribution is -2.04. The van der Waals surface area contributed by atoms with E-state index in [1.54, 1.807) is 37.7 Å². The molecule has 0 amide bonds. The van der Waals surface area contributed by atoms with Gasteiger partial charge in [0.25, 0.3) is 0 Å². The zero-order valence-corrected chi connectivity index (χ0v) is 10.6. The van der Waals surface area contributed by atoms with Crippen LogP contribution in [0, 0.1) is 0 Å². The molecule has 1 aromatic carbocycles. The molecule has 92 valence electrons. The summed E-state index contributed by atoms with van der Waals surface area (Å²) < 4.78 is 5.09. The van der Waals surface area contributed by atoms with Crippen LogP contribution in [0.15, 0.2) is 42.7 Å². The first-order valence-electron chi connectivity index (χ1n) is 5.46. The summed E-state index contributed by atoms with van der Waals surface area (Å²) in [5.74, 6) is 0.586. The van der Waals surface area contributed by atoms with Gasteiger partial charge in [-0.05, 0) is 35.9 Å². The molecule has 0 aliphatic rings. The number of hydrogen-bond donors (Lipinski definition) is 0. The van der Waals surface area contributed by atoms with Crippen LogP contribution >= 0.6 is 11.6 Å². The SMILES string of the molecule is COc1cc(Cl)cc(C(=O)Cc2ccncc2)c1. The first kappa shape index (κ1) is 12.6. The average molecular weight is 262 g/mol. The second kappa shape index (κ2) is 5.65. The Morgan fingerprint density at radius 1 is 1.28 bits per heavy atom. The zero-order valence-electron chi connectivity index (χ0n) is 9.89. The molecule has 0 aliphatic carbocycles. The number of ketones is 1. The molecule has 18 heavy (non-hydrogen) atoms. The zero-order chi connectivity index (χ0) is 13.0. The van der Waals surface area contributed by atoms with E-state index in [2.05, 4.69) is 4.98 Å². The number of ether oxygens (including phenoxy) is 1. The number of nitrogens with zero attached hydrogens (tertiary/aromatic N) is 1. The molecule has 0 saturated heterocycles. The standard InChI is InChI=1S/C14H12ClNO2/c1-18-13-8-11(7-12(15)9-13)14(17)6-10-2-4-16-5-3-10/h2-5,7-9H,6H2,1H3. The molecule has 0 spiro atoms. The average Bonchev–Trinajstić information content (AvgIpc) is 2.39. The van der Waals surface area contributed by atoms with Crippen molar-refractivity contribution >= 4 is 17.4 Å². The highest BCUT2D eigenvalue weighted by Gasteiger charge is 2.09. The molecule has 0 unspecified atom stereocenters. The summed E-state index contributed by atoms with van der Waals surface area (Å²) in [5.41, 5.74) is 1.48. The number of pyridine rings is 1. The summed E-state index contributed by atoms with van der Waals surface area (Å²) in [6.07, 6.45) is 3.66. The highest BCUT2D eigenvalue weighted by Crippen LogP contribution is 2.21. The fourth-order valence-electron chi connectivity index (χ4n) is 1.63. The van der Waals surface area contributed by atoms with Crippen molar-refractivity contribution in [3.05, 3.63) is 58.9 Å². The molecule has 2 rings (SSSR count). The van der Waals surface area contributed by atoms with E-state index in [1.807, 2.05) is 12.1 Å². The molecule has 1 heterocycles. The van der Waals surface area contributed by atoms with E-state index in [9.17, 15) is 4.79 Å². The van der Waals surface area contributed by atoms with E-state index in [1.165, 1.54) is 0 Å². The first-order chi connectivity index (χ1) is 8.69. The Morgan fingerprint density at radius 2 is 2.00 bits per heavy atom. The lowest BCUT2D eigenvalue weighted by atomic mass is 10.0. The molecule has 4 heteroatoms. The molecule has 2 aromatic rings. The van der Waals surface area contributed by atoms with E-state index >= 15 is 0 Å². The normalized spacial score (nSPS) is 10.1. The van der Waals surface area contributed by atoms with Gasteiger partial charge >= 0.3 is 0 Å². The third kappa shape index (κ3) is 3.08. The number of carbonyl (C=O) groups excluding carboxylic acids is 1. The summed E-state index contributed by atoms with van der Waals surface area (Å²) in [6.45, 7) is 0. The second-order valence-corrected chi connectivity index (χ2v) is 4.27. The molecular weight excluding hydrogens is 250 g/mol. The Morgan fingerprint density at radius 3 is 2.67 bits per heavy atom. The van der Waals surface area contributed by atoms with Crippen molar-refractivity contribution in [1.29, 1.82) is 0 Å². The van der Waals surface area contributed by atoms with Crippen LogP contribution in [0.4, 0.5) is 0 Å². The first-order valence-corrected chi connectivity index (χ1v) is 5.83. The van der Waals surface area contributed by atoms with Crippen LogP contribution in [0.2, 0.25) is 5.02 Å². The minimum Gasteiger partial charge on any atom is -0.497 e. The monoisotopic (exact) mass is 261 g/mol. The maximum absolute atomic E-state index is 12.1. The lowest BCUT2D eigenvalue weighted by molar-refractivity contribution is 0.0992. The quantitative estimate of drug-likeness (QED) is 0.794. The van der Waals surface area contributed by atoms with Crippen molar-refractivity contribution in [1.82, 2.24) is 4.98 Å². The van der Waals surface area contributed by atoms with Gasteiger partial charge < -0.3 is 4.74 Å². The van der Waals surface area contributed by atoms with Crippen LogP contribution in [0.1, 0.15) is 15.9 Å². The number of benzene rings is 1. The van der Waals surface area contributed by atoms with Gasteiger partial charge in [-0.25, -0.2) is 0 Å². The predicted molar refractivity (Wildman–Crippen MR) is 70.3 cm³/mol. The Kier molecular flexibility index (Phi) is 3.95. The number of carbonyl (C=O) groups is 1. The van der Waals surface area contributed by atoms with Gasteiger partial charge in [0.15, 0.2) is 5.78 Å². The number of Topliss-reactive ketones (excluding diaryl/α,β-unsaturated/α-hetero) is 1. The third-order valence-corrected chi connectivity index (χ3v) is 2.76. The molecule has 0 aliphatic heterocycles. The Hall–Kier alpha value is -1.87. The number of hydrogen-bond acceptors (Lipinski definition) is 3. The van der Waals surface area contributed by atoms with Gasteiger partial charge in [-0.15, -0.1) is 0 Å². The van der Waals surface area contributed by atoms with Gasteiger partial charge in [0.2, 0.25) is 0 Å². The van der Waals surface area contributed by atoms with E-state index in [4.69, 9.17) is 16.3 Å². The molecule has 3 nitrogen and oxygen atoms in total. The summed E-state index contributed by atoms with van der Waals surface area (Å²) in [6, 6.07) is 8.65. The van der Waals surface area contributed by atoms with Gasteiger partial charge in [0.05, 0.1) is 7.11 Å². The fourth-order valence-corrected chi connectivity index (χ4v) is 1.85. The topological polar surface area (TPSA) is 39.2 Å². The molecule has 0 fully saturated rings. The predicted octanol–water partition coefficient (Wildman–Crippen LogP) is 3.17. The maximum Gasteiger partial charge on any atom is 0.167 e. The van der Waals surface area contributed by atoms with E-state index in [0.717, 1.165) is 5.56 Å². The van der Waals surface area contributed by atoms with E-state index < -0.39 is 0 Å². The van der Waals surface area contributed by atoms with Gasteiger partial charge in [-0.3, -0.25) is 9.78 Å². The lowest BCUT2D eigenvalue weighted by Gasteiger charge is -2.05. The molecule has 0 bridgehead atoms. The van der Waals surface area contributed by atoms with Gasteiger partial charge in [0, 0.05) is 29.4 Å². The third-order valence-electron chi connectivity index (χ3n) is 2.54. The Labute approximate surface area is 110 Å². The minimum absolute atomic E-state index is 0.00185. The largest absolute Gasteiger partial charge is 0.497 e. The van der Waals surface area contributed by atoms with Crippen LogP contribution in [-0.2, 0) is 6.42 Å². The molecule has 0 atom stereocenters. The highest BCUT2D eigenvalue weighted by molar-refractivity contribution is 6.31. The Bertz CT molecular complexity index is 555. The van der Waals surface area contributed by atoms with E-state index in [0.29, 0.717) is 22.8 Å². The summed E-state index contributed by atoms with van der Waals surface area (Å²) in [5, 5.41) is 0.493. The van der Waals surface area contributed by atoms with Crippen molar-refractivity contribution < 1.29 is 9.53 Å².